The Kier molecular flexibility index (Phi) is 5.71. The van der Waals surface area contributed by atoms with Crippen LogP contribution in [0, 0.1) is 0 Å². The maximum atomic E-state index is 13.0. The summed E-state index contributed by atoms with van der Waals surface area (Å²) in [5.41, 5.74) is 0.607. The van der Waals surface area contributed by atoms with E-state index in [4.69, 9.17) is 4.74 Å². The van der Waals surface area contributed by atoms with Gasteiger partial charge < -0.3 is 14.7 Å². The van der Waals surface area contributed by atoms with Gasteiger partial charge in [-0.3, -0.25) is 9.59 Å². The number of benzene rings is 1. The number of anilines is 1. The fraction of sp³-hybridized carbons (Fsp3) is 0.579. The van der Waals surface area contributed by atoms with Crippen LogP contribution < -0.4 is 14.5 Å². The summed E-state index contributed by atoms with van der Waals surface area (Å²) >= 11 is 0. The van der Waals surface area contributed by atoms with Crippen molar-refractivity contribution in [2.45, 2.75) is 51.1 Å². The van der Waals surface area contributed by atoms with E-state index in [1.165, 1.54) is 9.80 Å². The highest BCUT2D eigenvalue weighted by atomic mass is 16.5. The first-order valence-corrected chi connectivity index (χ1v) is 9.21. The molecule has 0 aliphatic carbocycles. The zero-order valence-corrected chi connectivity index (χ0v) is 14.7. The van der Waals surface area contributed by atoms with Gasteiger partial charge in [-0.25, -0.2) is 4.90 Å². The average Bonchev–Trinajstić information content (AvgIpc) is 2.91. The van der Waals surface area contributed by atoms with Gasteiger partial charge in [0.25, 0.3) is 5.91 Å². The number of amides is 2. The summed E-state index contributed by atoms with van der Waals surface area (Å²) in [6, 6.07) is 7.04. The number of hydrogen-bond donors (Lipinski definition) is 2. The van der Waals surface area contributed by atoms with Gasteiger partial charge in [0, 0.05) is 13.0 Å². The molecule has 0 spiro atoms. The second-order valence-electron chi connectivity index (χ2n) is 6.78. The molecule has 6 heteroatoms. The van der Waals surface area contributed by atoms with Crippen LogP contribution in [0.15, 0.2) is 24.3 Å². The van der Waals surface area contributed by atoms with E-state index in [0.29, 0.717) is 18.7 Å². The fourth-order valence-electron chi connectivity index (χ4n) is 4.10. The van der Waals surface area contributed by atoms with Gasteiger partial charge in [-0.05, 0) is 50.5 Å². The lowest BCUT2D eigenvalue weighted by Gasteiger charge is -2.35. The highest BCUT2D eigenvalue weighted by molar-refractivity contribution is 6.21. The summed E-state index contributed by atoms with van der Waals surface area (Å²) in [6.07, 6.45) is 4.15. The van der Waals surface area contributed by atoms with Crippen molar-refractivity contribution in [1.29, 1.82) is 0 Å². The Labute approximate surface area is 148 Å². The highest BCUT2D eigenvalue weighted by Crippen LogP contribution is 2.25. The van der Waals surface area contributed by atoms with E-state index in [-0.39, 0.29) is 36.9 Å². The number of nitrogens with one attached hydrogen (secondary N) is 1. The molecular weight excluding hydrogens is 320 g/mol. The van der Waals surface area contributed by atoms with Crippen LogP contribution in [0.2, 0.25) is 0 Å². The summed E-state index contributed by atoms with van der Waals surface area (Å²) < 4.78 is 5.42. The van der Waals surface area contributed by atoms with Crippen LogP contribution in [0.3, 0.4) is 0 Å². The number of hydrogen-bond acceptors (Lipinski definition) is 4. The highest BCUT2D eigenvalue weighted by Gasteiger charge is 2.48. The second kappa shape index (κ2) is 7.97. The van der Waals surface area contributed by atoms with Crippen LogP contribution in [-0.4, -0.2) is 48.8 Å². The number of ether oxygens (including phenoxy) is 1. The maximum absolute atomic E-state index is 13.0. The molecule has 2 N–H and O–H groups in total. The number of nitrogens with zero attached hydrogens (tertiary/aromatic N) is 1. The van der Waals surface area contributed by atoms with Crippen molar-refractivity contribution in [2.24, 2.45) is 0 Å². The molecule has 136 valence electrons. The van der Waals surface area contributed by atoms with Gasteiger partial charge in [-0.1, -0.05) is 0 Å². The van der Waals surface area contributed by atoms with Crippen molar-refractivity contribution in [3.05, 3.63) is 24.3 Å². The Morgan fingerprint density at radius 2 is 2.00 bits per heavy atom. The largest absolute Gasteiger partial charge is 0.494 e. The molecule has 1 aromatic rings. The molecule has 1 unspecified atom stereocenters. The van der Waals surface area contributed by atoms with Crippen LogP contribution in [0.4, 0.5) is 5.69 Å². The number of carbonyl (C=O) groups excluding carboxylic acids is 2. The van der Waals surface area contributed by atoms with E-state index < -0.39 is 0 Å². The van der Waals surface area contributed by atoms with E-state index in [1.54, 1.807) is 24.3 Å². The Hall–Kier alpha value is -1.92. The Morgan fingerprint density at radius 3 is 2.68 bits per heavy atom. The predicted molar refractivity (Wildman–Crippen MR) is 93.7 cm³/mol. The molecule has 25 heavy (non-hydrogen) atoms. The van der Waals surface area contributed by atoms with Crippen molar-refractivity contribution >= 4 is 17.5 Å². The number of likely N-dealkylation sites (tertiary alicyclic amines) is 1. The maximum Gasteiger partial charge on any atom is 0.292 e. The van der Waals surface area contributed by atoms with E-state index in [2.05, 4.69) is 0 Å². The smallest absolute Gasteiger partial charge is 0.292 e. The SMILES string of the molecule is CCOc1ccc(N2C(=O)C[C@H]([NH+]3CCCC[C@@H]3CCO)C2=O)cc1. The Bertz CT molecular complexity index is 614. The topological polar surface area (TPSA) is 71.3 Å². The first-order valence-electron chi connectivity index (χ1n) is 9.21. The second-order valence-corrected chi connectivity index (χ2v) is 6.78. The van der Waals surface area contributed by atoms with E-state index >= 15 is 0 Å². The van der Waals surface area contributed by atoms with Crippen molar-refractivity contribution in [3.8, 4) is 5.75 Å². The molecule has 3 atom stereocenters. The number of aliphatic hydroxyl groups is 1. The molecule has 2 fully saturated rings. The van der Waals surface area contributed by atoms with Gasteiger partial charge in [-0.2, -0.15) is 0 Å². The molecule has 1 aromatic carbocycles. The van der Waals surface area contributed by atoms with Gasteiger partial charge in [0.2, 0.25) is 5.91 Å². The van der Waals surface area contributed by atoms with E-state index in [1.807, 2.05) is 6.92 Å². The lowest BCUT2D eigenvalue weighted by atomic mass is 9.97. The summed E-state index contributed by atoms with van der Waals surface area (Å²) in [7, 11) is 0. The molecule has 0 aromatic heterocycles. The summed E-state index contributed by atoms with van der Waals surface area (Å²) in [6.45, 7) is 3.51. The van der Waals surface area contributed by atoms with Crippen LogP contribution in [0.5, 0.6) is 5.75 Å². The zero-order chi connectivity index (χ0) is 17.8. The standard InChI is InChI=1S/C19H26N2O4/c1-2-25-16-8-6-15(7-9-16)21-18(23)13-17(19(21)24)20-11-4-3-5-14(20)10-12-22/h6-9,14,17,22H,2-5,10-13H2,1H3/p+1/t14-,17+/m1/s1. The molecule has 2 amide bonds. The van der Waals surface area contributed by atoms with E-state index in [9.17, 15) is 14.7 Å². The third kappa shape index (κ3) is 3.70. The monoisotopic (exact) mass is 347 g/mol. The first-order chi connectivity index (χ1) is 12.2. The van der Waals surface area contributed by atoms with Gasteiger partial charge in [0.1, 0.15) is 5.75 Å². The quantitative estimate of drug-likeness (QED) is 0.737. The Balaban J connectivity index is 1.77. The first kappa shape index (κ1) is 17.9. The number of quaternary nitrogens is 1. The third-order valence-electron chi connectivity index (χ3n) is 5.27. The summed E-state index contributed by atoms with van der Waals surface area (Å²) in [4.78, 5) is 28.0. The van der Waals surface area contributed by atoms with Crippen LogP contribution in [0.1, 0.15) is 39.0 Å². The van der Waals surface area contributed by atoms with Crippen molar-refractivity contribution < 1.29 is 24.3 Å². The van der Waals surface area contributed by atoms with Gasteiger partial charge >= 0.3 is 0 Å². The molecule has 2 aliphatic rings. The molecule has 2 heterocycles. The van der Waals surface area contributed by atoms with Gasteiger partial charge in [0.05, 0.1) is 31.3 Å². The lowest BCUT2D eigenvalue weighted by molar-refractivity contribution is -0.945. The minimum absolute atomic E-state index is 0.117. The van der Waals surface area contributed by atoms with Crippen molar-refractivity contribution in [2.75, 3.05) is 24.7 Å². The number of rotatable bonds is 6. The molecule has 0 saturated carbocycles. The number of aliphatic hydroxyl groups excluding tert-OH is 1. The fourth-order valence-corrected chi connectivity index (χ4v) is 4.10. The minimum Gasteiger partial charge on any atom is -0.494 e. The molecule has 0 radical (unpaired) electrons. The van der Waals surface area contributed by atoms with Gasteiger partial charge in [0.15, 0.2) is 6.04 Å². The number of imide groups is 1. The summed E-state index contributed by atoms with van der Waals surface area (Å²) in [5.74, 6) is 0.473. The third-order valence-corrected chi connectivity index (χ3v) is 5.27. The van der Waals surface area contributed by atoms with Crippen LogP contribution >= 0.6 is 0 Å². The average molecular weight is 347 g/mol. The molecule has 3 rings (SSSR count). The molecule has 2 aliphatic heterocycles. The van der Waals surface area contributed by atoms with Gasteiger partial charge in [-0.15, -0.1) is 0 Å². The number of piperidine rings is 1. The van der Waals surface area contributed by atoms with Crippen LogP contribution in [0.25, 0.3) is 0 Å². The van der Waals surface area contributed by atoms with Crippen molar-refractivity contribution in [3.63, 3.8) is 0 Å². The van der Waals surface area contributed by atoms with Crippen LogP contribution in [-0.2, 0) is 9.59 Å². The molecule has 2 saturated heterocycles. The minimum atomic E-state index is -0.323. The lowest BCUT2D eigenvalue weighted by Crippen LogP contribution is -3.20. The normalized spacial score (nSPS) is 27.0. The number of carbonyl (C=O) groups is 2. The van der Waals surface area contributed by atoms with Crippen molar-refractivity contribution in [1.82, 2.24) is 0 Å². The predicted octanol–water partition coefficient (Wildman–Crippen LogP) is 0.537. The zero-order valence-electron chi connectivity index (χ0n) is 14.7. The molecule has 0 bridgehead atoms. The molecule has 6 nitrogen and oxygen atoms in total. The summed E-state index contributed by atoms with van der Waals surface area (Å²) in [5, 5.41) is 9.31. The van der Waals surface area contributed by atoms with E-state index in [0.717, 1.165) is 31.6 Å². The Morgan fingerprint density at radius 1 is 1.24 bits per heavy atom. The molecular formula is C19H27N2O4+.